The Balaban J connectivity index is 1.98. The van der Waals surface area contributed by atoms with Crippen molar-refractivity contribution >= 4 is 5.91 Å². The Labute approximate surface area is 168 Å². The summed E-state index contributed by atoms with van der Waals surface area (Å²) in [5, 5.41) is 10.6. The Morgan fingerprint density at radius 3 is 2.50 bits per heavy atom. The van der Waals surface area contributed by atoms with E-state index < -0.39 is 6.10 Å². The molecule has 148 valence electrons. The molecular weight excluding hydrogens is 348 g/mol. The third kappa shape index (κ3) is 6.19. The highest BCUT2D eigenvalue weighted by atomic mass is 16.3. The van der Waals surface area contributed by atoms with Crippen LogP contribution in [0.5, 0.6) is 0 Å². The van der Waals surface area contributed by atoms with Gasteiger partial charge in [0.1, 0.15) is 0 Å². The highest BCUT2D eigenvalue weighted by molar-refractivity contribution is 6.00. The molecule has 4 heteroatoms. The van der Waals surface area contributed by atoms with Crippen LogP contribution in [0.1, 0.15) is 6.42 Å². The number of nitrogens with zero attached hydrogens (tertiary/aromatic N) is 2. The molecule has 0 spiro atoms. The molecular formula is C24H30N2O2. The number of β-amino-alcohol motifs (C(OH)–C–C–N with tert-alkyl or cyclic N) is 1. The van der Waals surface area contributed by atoms with Gasteiger partial charge in [-0.3, -0.25) is 9.69 Å². The molecule has 0 aromatic rings. The minimum Gasteiger partial charge on any atom is -0.390 e. The molecule has 2 aliphatic rings. The largest absolute Gasteiger partial charge is 0.390 e. The van der Waals surface area contributed by atoms with Crippen LogP contribution >= 0.6 is 0 Å². The minimum absolute atomic E-state index is 0.0844. The van der Waals surface area contributed by atoms with Crippen molar-refractivity contribution in [1.82, 2.24) is 9.80 Å². The first-order valence-electron chi connectivity index (χ1n) is 9.49. The van der Waals surface area contributed by atoms with Gasteiger partial charge in [0.05, 0.1) is 6.10 Å². The molecule has 0 bridgehead atoms. The zero-order valence-corrected chi connectivity index (χ0v) is 16.5. The summed E-state index contributed by atoms with van der Waals surface area (Å²) in [6, 6.07) is 0. The Hall–Kier alpha value is -2.69. The minimum atomic E-state index is -0.652. The van der Waals surface area contributed by atoms with Crippen LogP contribution in [-0.2, 0) is 4.79 Å². The number of allylic oxidation sites excluding steroid dienone is 5. The van der Waals surface area contributed by atoms with Crippen molar-refractivity contribution < 1.29 is 9.90 Å². The third-order valence-corrected chi connectivity index (χ3v) is 4.72. The van der Waals surface area contributed by atoms with Crippen LogP contribution in [0.3, 0.4) is 0 Å². The van der Waals surface area contributed by atoms with Crippen LogP contribution in [0.2, 0.25) is 0 Å². The number of carbonyl (C=O) groups is 1. The summed E-state index contributed by atoms with van der Waals surface area (Å²) in [7, 11) is 0. The second-order valence-corrected chi connectivity index (χ2v) is 7.10. The predicted octanol–water partition coefficient (Wildman–Crippen LogP) is 3.34. The lowest BCUT2D eigenvalue weighted by atomic mass is 10.1. The second kappa shape index (κ2) is 10.6. The number of hydrogen-bond donors (Lipinski definition) is 1. The zero-order chi connectivity index (χ0) is 20.5. The highest BCUT2D eigenvalue weighted by Gasteiger charge is 2.29. The van der Waals surface area contributed by atoms with Gasteiger partial charge in [-0.1, -0.05) is 74.4 Å². The third-order valence-electron chi connectivity index (χ3n) is 4.72. The van der Waals surface area contributed by atoms with Gasteiger partial charge < -0.3 is 10.0 Å². The number of hydrogen-bond acceptors (Lipinski definition) is 3. The molecule has 0 saturated carbocycles. The fourth-order valence-corrected chi connectivity index (χ4v) is 3.29. The summed E-state index contributed by atoms with van der Waals surface area (Å²) in [6.45, 7) is 18.2. The Morgan fingerprint density at radius 2 is 1.82 bits per heavy atom. The van der Waals surface area contributed by atoms with E-state index in [-0.39, 0.29) is 12.5 Å². The van der Waals surface area contributed by atoms with Crippen LogP contribution in [-0.4, -0.2) is 59.6 Å². The number of rotatable bonds is 7. The summed E-state index contributed by atoms with van der Waals surface area (Å²) in [4.78, 5) is 16.5. The smallest absolute Gasteiger partial charge is 0.254 e. The van der Waals surface area contributed by atoms with Gasteiger partial charge in [0, 0.05) is 38.3 Å². The van der Waals surface area contributed by atoms with Crippen molar-refractivity contribution in [2.45, 2.75) is 12.5 Å². The maximum absolute atomic E-state index is 12.7. The Bertz CT molecular complexity index is 767. The van der Waals surface area contributed by atoms with E-state index in [4.69, 9.17) is 0 Å². The Morgan fingerprint density at radius 1 is 1.11 bits per heavy atom. The van der Waals surface area contributed by atoms with Gasteiger partial charge >= 0.3 is 0 Å². The summed E-state index contributed by atoms with van der Waals surface area (Å²) >= 11 is 0. The van der Waals surface area contributed by atoms with E-state index in [0.29, 0.717) is 25.2 Å². The lowest BCUT2D eigenvalue weighted by Crippen LogP contribution is -2.42. The lowest BCUT2D eigenvalue weighted by Gasteiger charge is -2.28. The number of carbonyl (C=O) groups excluding carboxylic acids is 1. The molecule has 0 aliphatic carbocycles. The fourth-order valence-electron chi connectivity index (χ4n) is 3.29. The summed E-state index contributed by atoms with van der Waals surface area (Å²) in [5.41, 5.74) is 3.51. The molecule has 0 aromatic carbocycles. The number of aliphatic hydroxyl groups excluding tert-OH is 1. The van der Waals surface area contributed by atoms with Crippen LogP contribution in [0.25, 0.3) is 0 Å². The van der Waals surface area contributed by atoms with Gasteiger partial charge in [0.2, 0.25) is 0 Å². The molecule has 2 aliphatic heterocycles. The predicted molar refractivity (Wildman–Crippen MR) is 117 cm³/mol. The van der Waals surface area contributed by atoms with E-state index in [2.05, 4.69) is 31.2 Å². The second-order valence-electron chi connectivity index (χ2n) is 7.10. The molecule has 2 rings (SSSR count). The summed E-state index contributed by atoms with van der Waals surface area (Å²) in [6.07, 6.45) is 14.9. The molecule has 2 heterocycles. The van der Waals surface area contributed by atoms with Crippen molar-refractivity contribution in [3.8, 4) is 0 Å². The number of amides is 1. The molecule has 1 N–H and O–H groups in total. The standard InChI is InChI=1S/C24H30N2O2/c1-5-7-12-23-21(6-2)16-26(24(23)28)18-22(27)17-25-14-13-19(3)10-8-9-11-20(4)15-25/h5-12,22,27H,1-4,13-18H2/b10-8-,11-9-,12-7-/t22-/m1/s1. The zero-order valence-electron chi connectivity index (χ0n) is 16.5. The van der Waals surface area contributed by atoms with Crippen LogP contribution in [0, 0.1) is 0 Å². The van der Waals surface area contributed by atoms with E-state index in [0.717, 1.165) is 29.7 Å². The first-order valence-corrected chi connectivity index (χ1v) is 9.49. The maximum atomic E-state index is 12.7. The molecule has 28 heavy (non-hydrogen) atoms. The van der Waals surface area contributed by atoms with E-state index in [1.807, 2.05) is 24.3 Å². The number of aliphatic hydroxyl groups is 1. The molecule has 1 amide bonds. The van der Waals surface area contributed by atoms with Gasteiger partial charge in [0.25, 0.3) is 5.91 Å². The lowest BCUT2D eigenvalue weighted by molar-refractivity contribution is -0.126. The van der Waals surface area contributed by atoms with Crippen LogP contribution in [0.15, 0.2) is 97.2 Å². The molecule has 4 nitrogen and oxygen atoms in total. The van der Waals surface area contributed by atoms with Crippen molar-refractivity contribution in [3.63, 3.8) is 0 Å². The molecule has 0 radical (unpaired) electrons. The van der Waals surface area contributed by atoms with Gasteiger partial charge in [-0.15, -0.1) is 0 Å². The van der Waals surface area contributed by atoms with Crippen LogP contribution < -0.4 is 0 Å². The monoisotopic (exact) mass is 378 g/mol. The average molecular weight is 379 g/mol. The molecule has 0 aromatic heterocycles. The van der Waals surface area contributed by atoms with Crippen molar-refractivity contribution in [2.75, 3.05) is 32.7 Å². The van der Waals surface area contributed by atoms with Gasteiger partial charge in [-0.25, -0.2) is 0 Å². The fraction of sp³-hybridized carbons (Fsp3) is 0.292. The van der Waals surface area contributed by atoms with Crippen molar-refractivity contribution in [1.29, 1.82) is 0 Å². The van der Waals surface area contributed by atoms with E-state index in [1.165, 1.54) is 0 Å². The van der Waals surface area contributed by atoms with E-state index >= 15 is 0 Å². The van der Waals surface area contributed by atoms with Gasteiger partial charge in [-0.05, 0) is 23.6 Å². The maximum Gasteiger partial charge on any atom is 0.254 e. The van der Waals surface area contributed by atoms with Crippen molar-refractivity contribution in [3.05, 3.63) is 97.2 Å². The topological polar surface area (TPSA) is 43.8 Å². The molecule has 0 fully saturated rings. The first-order chi connectivity index (χ1) is 13.4. The Kier molecular flexibility index (Phi) is 8.18. The van der Waals surface area contributed by atoms with Gasteiger partial charge in [0.15, 0.2) is 0 Å². The van der Waals surface area contributed by atoms with E-state index in [9.17, 15) is 9.90 Å². The average Bonchev–Trinajstić information content (AvgIpc) is 2.96. The quantitative estimate of drug-likeness (QED) is 0.691. The normalized spacial score (nSPS) is 22.6. The van der Waals surface area contributed by atoms with E-state index in [1.54, 1.807) is 29.2 Å². The SMILES string of the molecule is C=C/C=C\C1=C(C=C)CN(C[C@H](O)CN2CCC(=C)/C=C\C=C/C(=C)C2)C1=O. The van der Waals surface area contributed by atoms with Crippen molar-refractivity contribution in [2.24, 2.45) is 0 Å². The summed E-state index contributed by atoms with van der Waals surface area (Å²) < 4.78 is 0. The molecule has 0 unspecified atom stereocenters. The summed E-state index contributed by atoms with van der Waals surface area (Å²) in [5.74, 6) is -0.0844. The van der Waals surface area contributed by atoms with Gasteiger partial charge in [-0.2, -0.15) is 0 Å². The molecule has 0 saturated heterocycles. The first kappa shape index (κ1) is 21.6. The molecule has 1 atom stereocenters. The van der Waals surface area contributed by atoms with Crippen LogP contribution in [0.4, 0.5) is 0 Å². The highest BCUT2D eigenvalue weighted by Crippen LogP contribution is 2.21.